The maximum Gasteiger partial charge on any atom is 0.343 e. The van der Waals surface area contributed by atoms with E-state index >= 15 is 0 Å². The summed E-state index contributed by atoms with van der Waals surface area (Å²) in [5.74, 6) is -0.570. The zero-order valence-electron chi connectivity index (χ0n) is 19.6. The van der Waals surface area contributed by atoms with Crippen LogP contribution in [0, 0.1) is 0 Å². The Balaban J connectivity index is 1.41. The zero-order chi connectivity index (χ0) is 25.9. The Morgan fingerprint density at radius 1 is 0.946 bits per heavy atom. The van der Waals surface area contributed by atoms with Crippen LogP contribution < -0.4 is 9.47 Å². The molecule has 0 aliphatic carbocycles. The lowest BCUT2D eigenvalue weighted by Gasteiger charge is -2.13. The number of hydrogen-bond acceptors (Lipinski definition) is 6. The molecule has 1 heterocycles. The number of thioether (sulfide) groups is 1. The van der Waals surface area contributed by atoms with Crippen molar-refractivity contribution in [2.75, 3.05) is 7.11 Å². The van der Waals surface area contributed by atoms with Gasteiger partial charge in [-0.3, -0.25) is 14.5 Å². The summed E-state index contributed by atoms with van der Waals surface area (Å²) in [6, 6.07) is 25.1. The van der Waals surface area contributed by atoms with Crippen molar-refractivity contribution in [3.05, 3.63) is 112 Å². The summed E-state index contributed by atoms with van der Waals surface area (Å²) in [7, 11) is 1.45. The average molecular weight is 530 g/mol. The molecular formula is C29H20ClNO5S. The van der Waals surface area contributed by atoms with Gasteiger partial charge in [0.15, 0.2) is 11.5 Å². The molecule has 4 aromatic rings. The fourth-order valence-corrected chi connectivity index (χ4v) is 4.91. The van der Waals surface area contributed by atoms with Crippen LogP contribution in [-0.2, 0) is 11.3 Å². The SMILES string of the molecule is COc1cccc(/C=C2\SC(=O)N(Cc3ccc4ccccc4c3)C2=O)c1OC(=O)c1ccc(Cl)cc1. The molecule has 0 N–H and O–H groups in total. The molecule has 1 aliphatic rings. The Labute approximate surface area is 222 Å². The van der Waals surface area contributed by atoms with Gasteiger partial charge in [0.1, 0.15) is 0 Å². The number of amides is 2. The number of carbonyl (C=O) groups is 3. The topological polar surface area (TPSA) is 72.9 Å². The summed E-state index contributed by atoms with van der Waals surface area (Å²) in [5, 5.41) is 2.24. The summed E-state index contributed by atoms with van der Waals surface area (Å²) >= 11 is 6.75. The predicted octanol–water partition coefficient (Wildman–Crippen LogP) is 6.96. The smallest absolute Gasteiger partial charge is 0.343 e. The van der Waals surface area contributed by atoms with Gasteiger partial charge in [-0.15, -0.1) is 0 Å². The van der Waals surface area contributed by atoms with E-state index < -0.39 is 11.9 Å². The molecule has 37 heavy (non-hydrogen) atoms. The number of imide groups is 1. The van der Waals surface area contributed by atoms with Gasteiger partial charge in [0, 0.05) is 10.6 Å². The lowest BCUT2D eigenvalue weighted by molar-refractivity contribution is -0.123. The molecule has 184 valence electrons. The van der Waals surface area contributed by atoms with Gasteiger partial charge in [-0.05, 0) is 70.6 Å². The summed E-state index contributed by atoms with van der Waals surface area (Å²) in [6.45, 7) is 0.156. The third-order valence-corrected chi connectivity index (χ3v) is 6.98. The maximum atomic E-state index is 13.2. The standard InChI is InChI=1S/C29H20ClNO5S/c1-35-24-8-4-7-22(26(24)36-28(33)20-11-13-23(30)14-12-20)16-25-27(32)31(29(34)37-25)17-18-9-10-19-5-2-3-6-21(19)15-18/h2-16H,17H2,1H3/b25-16-. The van der Waals surface area contributed by atoms with E-state index in [0.717, 1.165) is 28.1 Å². The molecule has 0 spiro atoms. The third-order valence-electron chi connectivity index (χ3n) is 5.82. The van der Waals surface area contributed by atoms with Crippen molar-refractivity contribution < 1.29 is 23.9 Å². The number of methoxy groups -OCH3 is 1. The quantitative estimate of drug-likeness (QED) is 0.153. The lowest BCUT2D eigenvalue weighted by atomic mass is 10.1. The van der Waals surface area contributed by atoms with E-state index in [9.17, 15) is 14.4 Å². The highest BCUT2D eigenvalue weighted by Crippen LogP contribution is 2.38. The Hall–Kier alpha value is -4.07. The molecule has 6 nitrogen and oxygen atoms in total. The first kappa shape index (κ1) is 24.6. The molecule has 0 saturated carbocycles. The van der Waals surface area contributed by atoms with Crippen molar-refractivity contribution in [1.29, 1.82) is 0 Å². The molecule has 0 bridgehead atoms. The van der Waals surface area contributed by atoms with Gasteiger partial charge in [0.05, 0.1) is 24.1 Å². The summed E-state index contributed by atoms with van der Waals surface area (Å²) in [4.78, 5) is 40.2. The van der Waals surface area contributed by atoms with Gasteiger partial charge in [0.2, 0.25) is 0 Å². The number of nitrogens with zero attached hydrogens (tertiary/aromatic N) is 1. The Bertz CT molecular complexity index is 1560. The first-order chi connectivity index (χ1) is 17.9. The van der Waals surface area contributed by atoms with Crippen molar-refractivity contribution >= 4 is 57.3 Å². The van der Waals surface area contributed by atoms with Crippen LogP contribution in [0.1, 0.15) is 21.5 Å². The number of rotatable bonds is 6. The predicted molar refractivity (Wildman–Crippen MR) is 145 cm³/mol. The van der Waals surface area contributed by atoms with Gasteiger partial charge in [-0.1, -0.05) is 60.1 Å². The second-order valence-corrected chi connectivity index (χ2v) is 9.65. The maximum absolute atomic E-state index is 13.2. The van der Waals surface area contributed by atoms with Gasteiger partial charge in [-0.2, -0.15) is 0 Å². The fraction of sp³-hybridized carbons (Fsp3) is 0.0690. The van der Waals surface area contributed by atoms with Crippen LogP contribution in [0.2, 0.25) is 5.02 Å². The highest BCUT2D eigenvalue weighted by Gasteiger charge is 2.35. The van der Waals surface area contributed by atoms with Gasteiger partial charge in [-0.25, -0.2) is 4.79 Å². The highest BCUT2D eigenvalue weighted by atomic mass is 35.5. The molecular weight excluding hydrogens is 510 g/mol. The molecule has 0 atom stereocenters. The number of fused-ring (bicyclic) bond motifs is 1. The Kier molecular flexibility index (Phi) is 6.99. The van der Waals surface area contributed by atoms with Crippen LogP contribution in [0.15, 0.2) is 89.8 Å². The van der Waals surface area contributed by atoms with Crippen molar-refractivity contribution in [3.63, 3.8) is 0 Å². The normalized spacial score (nSPS) is 14.4. The molecule has 0 unspecified atom stereocenters. The molecule has 0 aromatic heterocycles. The van der Waals surface area contributed by atoms with Gasteiger partial charge < -0.3 is 9.47 Å². The summed E-state index contributed by atoms with van der Waals surface area (Å²) < 4.78 is 11.1. The summed E-state index contributed by atoms with van der Waals surface area (Å²) in [5.41, 5.74) is 1.58. The number of para-hydroxylation sites is 1. The van der Waals surface area contributed by atoms with Crippen LogP contribution >= 0.6 is 23.4 Å². The number of carbonyl (C=O) groups excluding carboxylic acids is 3. The number of esters is 1. The molecule has 1 fully saturated rings. The van der Waals surface area contributed by atoms with Crippen molar-refractivity contribution in [2.45, 2.75) is 6.54 Å². The minimum Gasteiger partial charge on any atom is -0.493 e. The van der Waals surface area contributed by atoms with Crippen LogP contribution in [0.5, 0.6) is 11.5 Å². The zero-order valence-corrected chi connectivity index (χ0v) is 21.2. The van der Waals surface area contributed by atoms with Crippen LogP contribution in [0.25, 0.3) is 16.8 Å². The molecule has 5 rings (SSSR count). The van der Waals surface area contributed by atoms with E-state index in [0.29, 0.717) is 21.9 Å². The Morgan fingerprint density at radius 3 is 2.46 bits per heavy atom. The minimum atomic E-state index is -0.611. The van der Waals surface area contributed by atoms with E-state index in [2.05, 4.69) is 0 Å². The van der Waals surface area contributed by atoms with Crippen molar-refractivity contribution in [2.24, 2.45) is 0 Å². The first-order valence-electron chi connectivity index (χ1n) is 11.3. The Morgan fingerprint density at radius 2 is 1.70 bits per heavy atom. The van der Waals surface area contributed by atoms with Gasteiger partial charge in [0.25, 0.3) is 11.1 Å². The molecule has 0 radical (unpaired) electrons. The largest absolute Gasteiger partial charge is 0.493 e. The monoisotopic (exact) mass is 529 g/mol. The number of benzene rings is 4. The lowest BCUT2D eigenvalue weighted by Crippen LogP contribution is -2.27. The molecule has 2 amide bonds. The number of ether oxygens (including phenoxy) is 2. The van der Waals surface area contributed by atoms with E-state index in [1.807, 2.05) is 42.5 Å². The molecule has 8 heteroatoms. The van der Waals surface area contributed by atoms with E-state index in [4.69, 9.17) is 21.1 Å². The van der Waals surface area contributed by atoms with Crippen LogP contribution in [0.4, 0.5) is 4.79 Å². The van der Waals surface area contributed by atoms with Crippen molar-refractivity contribution in [1.82, 2.24) is 4.90 Å². The second-order valence-electron chi connectivity index (χ2n) is 8.22. The average Bonchev–Trinajstić information content (AvgIpc) is 3.17. The van der Waals surface area contributed by atoms with Gasteiger partial charge >= 0.3 is 5.97 Å². The van der Waals surface area contributed by atoms with Crippen LogP contribution in [0.3, 0.4) is 0 Å². The highest BCUT2D eigenvalue weighted by molar-refractivity contribution is 8.18. The molecule has 4 aromatic carbocycles. The minimum absolute atomic E-state index is 0.145. The van der Waals surface area contributed by atoms with E-state index in [1.54, 1.807) is 42.5 Å². The van der Waals surface area contributed by atoms with Crippen molar-refractivity contribution in [3.8, 4) is 11.5 Å². The molecule has 1 saturated heterocycles. The number of halogens is 1. The fourth-order valence-electron chi connectivity index (χ4n) is 3.95. The van der Waals surface area contributed by atoms with Crippen LogP contribution in [-0.4, -0.2) is 29.1 Å². The number of hydrogen-bond donors (Lipinski definition) is 0. The third kappa shape index (κ3) is 5.23. The molecule has 1 aliphatic heterocycles. The second kappa shape index (κ2) is 10.5. The summed E-state index contributed by atoms with van der Waals surface area (Å²) in [6.07, 6.45) is 1.54. The first-order valence-corrected chi connectivity index (χ1v) is 12.5. The van der Waals surface area contributed by atoms with E-state index in [-0.39, 0.29) is 22.4 Å². The van der Waals surface area contributed by atoms with E-state index in [1.165, 1.54) is 18.1 Å².